The van der Waals surface area contributed by atoms with Crippen LogP contribution in [0, 0.1) is 11.8 Å². The summed E-state index contributed by atoms with van der Waals surface area (Å²) in [6.07, 6.45) is 0.329. The number of benzene rings is 3. The Kier molecular flexibility index (Phi) is 5.20. The van der Waals surface area contributed by atoms with Crippen molar-refractivity contribution in [3.05, 3.63) is 95.1 Å². The average molecular weight is 411 g/mol. The van der Waals surface area contributed by atoms with Gasteiger partial charge in [0.2, 0.25) is 6.79 Å². The van der Waals surface area contributed by atoms with Gasteiger partial charge in [0.1, 0.15) is 12.6 Å². The highest BCUT2D eigenvalue weighted by atomic mass is 16.7. The zero-order valence-electron chi connectivity index (χ0n) is 16.9. The highest BCUT2D eigenvalue weighted by Crippen LogP contribution is 2.40. The maximum absolute atomic E-state index is 13.0. The number of amides is 1. The van der Waals surface area contributed by atoms with E-state index in [-0.39, 0.29) is 19.5 Å². The van der Waals surface area contributed by atoms with Gasteiger partial charge < -0.3 is 14.2 Å². The van der Waals surface area contributed by atoms with E-state index in [1.54, 1.807) is 4.90 Å². The summed E-state index contributed by atoms with van der Waals surface area (Å²) in [5, 5.41) is 0. The first-order chi connectivity index (χ1) is 15.3. The van der Waals surface area contributed by atoms with Gasteiger partial charge in [0, 0.05) is 12.1 Å². The van der Waals surface area contributed by atoms with E-state index in [0.717, 1.165) is 28.0 Å². The molecule has 0 spiro atoms. The number of ether oxygens (including phenoxy) is 3. The molecule has 31 heavy (non-hydrogen) atoms. The Morgan fingerprint density at radius 1 is 1.00 bits per heavy atom. The number of nitrogens with zero attached hydrogens (tertiary/aromatic N) is 1. The van der Waals surface area contributed by atoms with Crippen LogP contribution in [0.5, 0.6) is 11.5 Å². The molecule has 0 aliphatic carbocycles. The second-order valence-corrected chi connectivity index (χ2v) is 7.43. The molecule has 1 amide bonds. The van der Waals surface area contributed by atoms with Crippen molar-refractivity contribution in [2.75, 3.05) is 13.3 Å². The second kappa shape index (κ2) is 8.45. The van der Waals surface area contributed by atoms with Crippen LogP contribution in [-0.4, -0.2) is 24.3 Å². The maximum atomic E-state index is 13.0. The smallest absolute Gasteiger partial charge is 0.411 e. The Morgan fingerprint density at radius 3 is 2.48 bits per heavy atom. The molecule has 0 radical (unpaired) electrons. The fourth-order valence-electron chi connectivity index (χ4n) is 3.84. The van der Waals surface area contributed by atoms with E-state index in [2.05, 4.69) is 11.8 Å². The Balaban J connectivity index is 1.45. The topological polar surface area (TPSA) is 48.0 Å². The van der Waals surface area contributed by atoms with Gasteiger partial charge in [-0.25, -0.2) is 4.79 Å². The summed E-state index contributed by atoms with van der Waals surface area (Å²) < 4.78 is 16.7. The van der Waals surface area contributed by atoms with E-state index in [9.17, 15) is 4.79 Å². The normalized spacial score (nSPS) is 16.1. The molecule has 2 aliphatic rings. The van der Waals surface area contributed by atoms with E-state index in [0.29, 0.717) is 18.7 Å². The van der Waals surface area contributed by atoms with Crippen molar-refractivity contribution in [1.29, 1.82) is 0 Å². The van der Waals surface area contributed by atoms with Crippen LogP contribution in [0.4, 0.5) is 4.79 Å². The third-order valence-corrected chi connectivity index (χ3v) is 5.43. The number of hydrogen-bond acceptors (Lipinski definition) is 4. The average Bonchev–Trinajstić information content (AvgIpc) is 3.28. The number of fused-ring (bicyclic) bond motifs is 2. The number of carbonyl (C=O) groups excluding carboxylic acids is 1. The first kappa shape index (κ1) is 19.1. The minimum absolute atomic E-state index is 0.210. The Bertz CT molecular complexity index is 1150. The Labute approximate surface area is 181 Å². The molecule has 0 N–H and O–H groups in total. The fourth-order valence-corrected chi connectivity index (χ4v) is 3.84. The fraction of sp³-hybridized carbons (Fsp3) is 0.192. The first-order valence-electron chi connectivity index (χ1n) is 10.2. The van der Waals surface area contributed by atoms with Gasteiger partial charge in [-0.2, -0.15) is 0 Å². The molecule has 2 heterocycles. The zero-order valence-corrected chi connectivity index (χ0v) is 16.9. The van der Waals surface area contributed by atoms with Crippen LogP contribution < -0.4 is 9.47 Å². The molecule has 0 fully saturated rings. The van der Waals surface area contributed by atoms with Crippen LogP contribution in [0.1, 0.15) is 28.3 Å². The minimum atomic E-state index is -0.429. The summed E-state index contributed by atoms with van der Waals surface area (Å²) in [7, 11) is 0. The first-order valence-corrected chi connectivity index (χ1v) is 10.2. The van der Waals surface area contributed by atoms with Gasteiger partial charge in [-0.05, 0) is 47.4 Å². The van der Waals surface area contributed by atoms with Crippen molar-refractivity contribution >= 4 is 6.09 Å². The SMILES string of the molecule is O=C(OCc1ccccc1)N1CCc2cc3c(cc2[C@@H]1C#Cc1ccccc1)OCO3. The summed E-state index contributed by atoms with van der Waals surface area (Å²) in [5.41, 5.74) is 3.91. The number of carbonyl (C=O) groups is 1. The van der Waals surface area contributed by atoms with Crippen LogP contribution in [0.2, 0.25) is 0 Å². The molecule has 3 aromatic rings. The molecule has 0 saturated heterocycles. The van der Waals surface area contributed by atoms with E-state index in [4.69, 9.17) is 14.2 Å². The van der Waals surface area contributed by atoms with Crippen LogP contribution in [0.3, 0.4) is 0 Å². The molecule has 0 bridgehead atoms. The predicted molar refractivity (Wildman–Crippen MR) is 116 cm³/mol. The lowest BCUT2D eigenvalue weighted by Gasteiger charge is -2.33. The van der Waals surface area contributed by atoms with Crippen LogP contribution >= 0.6 is 0 Å². The monoisotopic (exact) mass is 411 g/mol. The molecule has 3 aromatic carbocycles. The molecule has 2 aliphatic heterocycles. The lowest BCUT2D eigenvalue weighted by Crippen LogP contribution is -2.39. The molecule has 5 rings (SSSR count). The van der Waals surface area contributed by atoms with Crippen molar-refractivity contribution in [3.63, 3.8) is 0 Å². The summed E-state index contributed by atoms with van der Waals surface area (Å²) >= 11 is 0. The van der Waals surface area contributed by atoms with Crippen LogP contribution in [-0.2, 0) is 17.8 Å². The summed E-state index contributed by atoms with van der Waals surface area (Å²) in [6.45, 7) is 0.957. The molecular formula is C26H21NO4. The Morgan fingerprint density at radius 2 is 1.71 bits per heavy atom. The largest absolute Gasteiger partial charge is 0.454 e. The lowest BCUT2D eigenvalue weighted by molar-refractivity contribution is 0.0862. The molecule has 1 atom stereocenters. The molecule has 5 nitrogen and oxygen atoms in total. The third kappa shape index (κ3) is 4.06. The van der Waals surface area contributed by atoms with Crippen LogP contribution in [0.15, 0.2) is 72.8 Å². The van der Waals surface area contributed by atoms with Crippen molar-refractivity contribution in [1.82, 2.24) is 4.90 Å². The van der Waals surface area contributed by atoms with E-state index in [1.807, 2.05) is 72.8 Å². The maximum Gasteiger partial charge on any atom is 0.411 e. The van der Waals surface area contributed by atoms with E-state index >= 15 is 0 Å². The molecule has 0 saturated carbocycles. The standard InChI is InChI=1S/C26H21NO4/c28-26(29-17-20-9-5-2-6-10-20)27-14-13-21-15-24-25(31-18-30-24)16-22(21)23(27)12-11-19-7-3-1-4-8-19/h1-10,15-16,23H,13-14,17-18H2/t23-/m0/s1. The summed E-state index contributed by atoms with van der Waals surface area (Å²) in [6, 6.07) is 22.9. The third-order valence-electron chi connectivity index (χ3n) is 5.43. The van der Waals surface area contributed by atoms with Crippen molar-refractivity contribution in [2.45, 2.75) is 19.1 Å². The Hall–Kier alpha value is -3.91. The lowest BCUT2D eigenvalue weighted by atomic mass is 9.92. The van der Waals surface area contributed by atoms with Gasteiger partial charge in [-0.15, -0.1) is 0 Å². The van der Waals surface area contributed by atoms with Gasteiger partial charge in [0.05, 0.1) is 0 Å². The van der Waals surface area contributed by atoms with Crippen molar-refractivity contribution in [2.24, 2.45) is 0 Å². The summed E-state index contributed by atoms with van der Waals surface area (Å²) in [4.78, 5) is 14.7. The highest BCUT2D eigenvalue weighted by molar-refractivity contribution is 5.70. The summed E-state index contributed by atoms with van der Waals surface area (Å²) in [5.74, 6) is 7.93. The van der Waals surface area contributed by atoms with E-state index < -0.39 is 6.04 Å². The number of rotatable bonds is 2. The molecule has 0 aromatic heterocycles. The van der Waals surface area contributed by atoms with E-state index in [1.165, 1.54) is 0 Å². The van der Waals surface area contributed by atoms with Gasteiger partial charge in [0.15, 0.2) is 11.5 Å². The quantitative estimate of drug-likeness (QED) is 0.574. The van der Waals surface area contributed by atoms with Crippen molar-refractivity contribution in [3.8, 4) is 23.3 Å². The van der Waals surface area contributed by atoms with Gasteiger partial charge in [-0.1, -0.05) is 60.4 Å². The molecule has 5 heteroatoms. The zero-order chi connectivity index (χ0) is 21.0. The highest BCUT2D eigenvalue weighted by Gasteiger charge is 2.33. The van der Waals surface area contributed by atoms with Gasteiger partial charge in [-0.3, -0.25) is 4.90 Å². The molecule has 0 unspecified atom stereocenters. The van der Waals surface area contributed by atoms with Gasteiger partial charge >= 0.3 is 6.09 Å². The molecule has 154 valence electrons. The predicted octanol–water partition coefficient (Wildman–Crippen LogP) is 4.70. The van der Waals surface area contributed by atoms with Crippen molar-refractivity contribution < 1.29 is 19.0 Å². The van der Waals surface area contributed by atoms with Crippen LogP contribution in [0.25, 0.3) is 0 Å². The second-order valence-electron chi connectivity index (χ2n) is 7.43. The molecular weight excluding hydrogens is 390 g/mol. The van der Waals surface area contributed by atoms with Gasteiger partial charge in [0.25, 0.3) is 0 Å². The number of hydrogen-bond donors (Lipinski definition) is 0. The minimum Gasteiger partial charge on any atom is -0.454 e.